The average Bonchev–Trinajstić information content (AvgIpc) is 2.70. The Labute approximate surface area is 85.8 Å². The summed E-state index contributed by atoms with van der Waals surface area (Å²) in [6.45, 7) is 5.49. The highest BCUT2D eigenvalue weighted by atomic mass is 15.2. The van der Waals surface area contributed by atoms with E-state index in [1.54, 1.807) is 0 Å². The van der Waals surface area contributed by atoms with Crippen LogP contribution in [0.25, 0.3) is 0 Å². The predicted molar refractivity (Wildman–Crippen MR) is 58.5 cm³/mol. The van der Waals surface area contributed by atoms with Crippen molar-refractivity contribution in [1.82, 2.24) is 15.5 Å². The lowest BCUT2D eigenvalue weighted by molar-refractivity contribution is 0.220. The zero-order valence-corrected chi connectivity index (χ0v) is 8.92. The van der Waals surface area contributed by atoms with Gasteiger partial charge in [0.05, 0.1) is 6.54 Å². The second-order valence-electron chi connectivity index (χ2n) is 4.28. The van der Waals surface area contributed by atoms with Crippen LogP contribution >= 0.6 is 0 Å². The molecule has 0 radical (unpaired) electrons. The molecule has 14 heavy (non-hydrogen) atoms. The van der Waals surface area contributed by atoms with Crippen molar-refractivity contribution >= 4 is 5.96 Å². The number of hydrogen-bond acceptors (Lipinski definition) is 4. The van der Waals surface area contributed by atoms with Crippen LogP contribution in [0.3, 0.4) is 0 Å². The molecule has 2 heterocycles. The SMILES string of the molecule is CN1CCC(CNC2=NCCN2)CC1. The molecule has 2 aliphatic heterocycles. The second-order valence-corrected chi connectivity index (χ2v) is 4.28. The Morgan fingerprint density at radius 3 is 2.93 bits per heavy atom. The summed E-state index contributed by atoms with van der Waals surface area (Å²) < 4.78 is 0. The normalized spacial score (nSPS) is 24.5. The van der Waals surface area contributed by atoms with E-state index in [1.807, 2.05) is 0 Å². The van der Waals surface area contributed by atoms with Crippen LogP contribution in [0.4, 0.5) is 0 Å². The summed E-state index contributed by atoms with van der Waals surface area (Å²) in [7, 11) is 2.20. The van der Waals surface area contributed by atoms with E-state index in [0.717, 1.165) is 31.5 Å². The molecule has 0 aromatic rings. The van der Waals surface area contributed by atoms with Gasteiger partial charge in [-0.2, -0.15) is 0 Å². The number of nitrogens with one attached hydrogen (secondary N) is 2. The molecule has 0 aliphatic carbocycles. The molecule has 1 saturated heterocycles. The number of nitrogens with zero attached hydrogens (tertiary/aromatic N) is 2. The fraction of sp³-hybridized carbons (Fsp3) is 0.900. The van der Waals surface area contributed by atoms with E-state index in [1.165, 1.54) is 25.9 Å². The summed E-state index contributed by atoms with van der Waals surface area (Å²) in [6.07, 6.45) is 2.63. The molecular formula is C10H20N4. The first-order valence-electron chi connectivity index (χ1n) is 5.55. The van der Waals surface area contributed by atoms with Gasteiger partial charge in [0.25, 0.3) is 0 Å². The van der Waals surface area contributed by atoms with Crippen molar-refractivity contribution in [3.63, 3.8) is 0 Å². The minimum atomic E-state index is 0.830. The average molecular weight is 196 g/mol. The fourth-order valence-electron chi connectivity index (χ4n) is 2.02. The third kappa shape index (κ3) is 2.61. The minimum absolute atomic E-state index is 0.830. The molecule has 2 aliphatic rings. The number of likely N-dealkylation sites (tertiary alicyclic amines) is 1. The van der Waals surface area contributed by atoms with Crippen LogP contribution in [0.2, 0.25) is 0 Å². The van der Waals surface area contributed by atoms with Crippen LogP contribution in [0.15, 0.2) is 4.99 Å². The molecule has 0 unspecified atom stereocenters. The Morgan fingerprint density at radius 1 is 1.50 bits per heavy atom. The predicted octanol–water partition coefficient (Wildman–Crippen LogP) is -0.123. The standard InChI is InChI=1S/C10H20N4/c1-14-6-2-9(3-7-14)8-13-10-11-4-5-12-10/h9H,2-8H2,1H3,(H2,11,12,13). The topological polar surface area (TPSA) is 39.7 Å². The molecule has 2 N–H and O–H groups in total. The van der Waals surface area contributed by atoms with Gasteiger partial charge >= 0.3 is 0 Å². The molecule has 4 nitrogen and oxygen atoms in total. The maximum absolute atomic E-state index is 4.32. The summed E-state index contributed by atoms with van der Waals surface area (Å²) in [4.78, 5) is 6.72. The van der Waals surface area contributed by atoms with Gasteiger partial charge in [-0.25, -0.2) is 0 Å². The maximum atomic E-state index is 4.32. The van der Waals surface area contributed by atoms with Gasteiger partial charge in [-0.3, -0.25) is 4.99 Å². The first kappa shape index (κ1) is 9.77. The Bertz CT molecular complexity index is 206. The third-order valence-corrected chi connectivity index (χ3v) is 3.07. The smallest absolute Gasteiger partial charge is 0.191 e. The van der Waals surface area contributed by atoms with Gasteiger partial charge in [0.1, 0.15) is 0 Å². The Hall–Kier alpha value is -0.770. The van der Waals surface area contributed by atoms with E-state index in [0.29, 0.717) is 0 Å². The van der Waals surface area contributed by atoms with Crippen LogP contribution in [-0.2, 0) is 0 Å². The molecule has 0 saturated carbocycles. The van der Waals surface area contributed by atoms with Crippen molar-refractivity contribution in [2.75, 3.05) is 39.8 Å². The van der Waals surface area contributed by atoms with E-state index in [4.69, 9.17) is 0 Å². The van der Waals surface area contributed by atoms with Crippen molar-refractivity contribution in [2.24, 2.45) is 10.9 Å². The van der Waals surface area contributed by atoms with Crippen LogP contribution in [0.1, 0.15) is 12.8 Å². The van der Waals surface area contributed by atoms with Gasteiger partial charge in [0.2, 0.25) is 0 Å². The molecule has 0 aromatic carbocycles. The molecule has 0 bridgehead atoms. The van der Waals surface area contributed by atoms with Gasteiger partial charge in [-0.1, -0.05) is 0 Å². The lowest BCUT2D eigenvalue weighted by atomic mass is 9.97. The number of hydrogen-bond donors (Lipinski definition) is 2. The second kappa shape index (κ2) is 4.64. The molecule has 0 atom stereocenters. The van der Waals surface area contributed by atoms with Crippen molar-refractivity contribution in [2.45, 2.75) is 12.8 Å². The molecule has 0 aromatic heterocycles. The fourth-order valence-corrected chi connectivity index (χ4v) is 2.02. The lowest BCUT2D eigenvalue weighted by Crippen LogP contribution is -2.40. The van der Waals surface area contributed by atoms with Crippen LogP contribution < -0.4 is 10.6 Å². The molecule has 0 amide bonds. The summed E-state index contributed by atoms with van der Waals surface area (Å²) in [5, 5.41) is 6.62. The molecule has 0 spiro atoms. The maximum Gasteiger partial charge on any atom is 0.191 e. The minimum Gasteiger partial charge on any atom is -0.356 e. The monoisotopic (exact) mass is 196 g/mol. The highest BCUT2D eigenvalue weighted by Crippen LogP contribution is 2.14. The Kier molecular flexibility index (Phi) is 3.24. The van der Waals surface area contributed by atoms with Crippen LogP contribution in [0.5, 0.6) is 0 Å². The molecule has 2 rings (SSSR count). The van der Waals surface area contributed by atoms with Gasteiger partial charge in [0, 0.05) is 13.1 Å². The highest BCUT2D eigenvalue weighted by molar-refractivity contribution is 5.81. The van der Waals surface area contributed by atoms with Crippen molar-refractivity contribution in [3.8, 4) is 0 Å². The summed E-state index contributed by atoms with van der Waals surface area (Å²) in [5.74, 6) is 1.83. The van der Waals surface area contributed by atoms with E-state index < -0.39 is 0 Å². The van der Waals surface area contributed by atoms with E-state index >= 15 is 0 Å². The van der Waals surface area contributed by atoms with Gasteiger partial charge in [-0.15, -0.1) is 0 Å². The van der Waals surface area contributed by atoms with Crippen molar-refractivity contribution in [1.29, 1.82) is 0 Å². The van der Waals surface area contributed by atoms with E-state index in [-0.39, 0.29) is 0 Å². The van der Waals surface area contributed by atoms with Gasteiger partial charge in [-0.05, 0) is 38.9 Å². The molecule has 80 valence electrons. The largest absolute Gasteiger partial charge is 0.356 e. The lowest BCUT2D eigenvalue weighted by Gasteiger charge is -2.29. The highest BCUT2D eigenvalue weighted by Gasteiger charge is 2.16. The number of aliphatic imine (C=N–C) groups is 1. The Balaban J connectivity index is 1.65. The number of rotatable bonds is 2. The Morgan fingerprint density at radius 2 is 2.29 bits per heavy atom. The first-order chi connectivity index (χ1) is 6.84. The zero-order chi connectivity index (χ0) is 9.80. The van der Waals surface area contributed by atoms with Crippen molar-refractivity contribution < 1.29 is 0 Å². The summed E-state index contributed by atoms with van der Waals surface area (Å²) in [5.41, 5.74) is 0. The summed E-state index contributed by atoms with van der Waals surface area (Å²) >= 11 is 0. The zero-order valence-electron chi connectivity index (χ0n) is 8.92. The molecule has 1 fully saturated rings. The summed E-state index contributed by atoms with van der Waals surface area (Å²) in [6, 6.07) is 0. The van der Waals surface area contributed by atoms with Crippen molar-refractivity contribution in [3.05, 3.63) is 0 Å². The quantitative estimate of drug-likeness (QED) is 0.646. The van der Waals surface area contributed by atoms with Gasteiger partial charge < -0.3 is 15.5 Å². The van der Waals surface area contributed by atoms with E-state index in [9.17, 15) is 0 Å². The third-order valence-electron chi connectivity index (χ3n) is 3.07. The molecular weight excluding hydrogens is 176 g/mol. The van der Waals surface area contributed by atoms with Crippen LogP contribution in [0, 0.1) is 5.92 Å². The van der Waals surface area contributed by atoms with Gasteiger partial charge in [0.15, 0.2) is 5.96 Å². The van der Waals surface area contributed by atoms with E-state index in [2.05, 4.69) is 27.6 Å². The number of piperidine rings is 1. The molecule has 4 heteroatoms. The van der Waals surface area contributed by atoms with Crippen LogP contribution in [-0.4, -0.2) is 50.6 Å². The number of guanidine groups is 1. The first-order valence-corrected chi connectivity index (χ1v) is 5.55.